The highest BCUT2D eigenvalue weighted by molar-refractivity contribution is 6.33. The van der Waals surface area contributed by atoms with Crippen LogP contribution in [0.2, 0.25) is 5.02 Å². The van der Waals surface area contributed by atoms with E-state index in [4.69, 9.17) is 16.3 Å². The van der Waals surface area contributed by atoms with Crippen LogP contribution in [0.15, 0.2) is 47.6 Å². The van der Waals surface area contributed by atoms with Crippen molar-refractivity contribution in [3.05, 3.63) is 64.4 Å². The molecular formula is C19H20ClFN2O2. The number of nitrogens with one attached hydrogen (secondary N) is 1. The summed E-state index contributed by atoms with van der Waals surface area (Å²) >= 11 is 5.86. The summed E-state index contributed by atoms with van der Waals surface area (Å²) in [6.45, 7) is 4.10. The molecule has 0 saturated carbocycles. The highest BCUT2D eigenvalue weighted by Crippen LogP contribution is 2.21. The molecule has 4 nitrogen and oxygen atoms in total. The van der Waals surface area contributed by atoms with Gasteiger partial charge in [-0.15, -0.1) is 0 Å². The molecule has 1 unspecified atom stereocenters. The lowest BCUT2D eigenvalue weighted by Crippen LogP contribution is -2.24. The first-order valence-electron chi connectivity index (χ1n) is 8.00. The third-order valence-electron chi connectivity index (χ3n) is 3.81. The molecule has 0 aliphatic heterocycles. The van der Waals surface area contributed by atoms with Gasteiger partial charge in [0.15, 0.2) is 6.61 Å². The maximum absolute atomic E-state index is 13.5. The van der Waals surface area contributed by atoms with Crippen molar-refractivity contribution in [2.75, 3.05) is 6.61 Å². The van der Waals surface area contributed by atoms with Gasteiger partial charge in [0, 0.05) is 5.56 Å². The maximum atomic E-state index is 13.5. The molecule has 1 atom stereocenters. The second-order valence-corrected chi connectivity index (χ2v) is 6.00. The van der Waals surface area contributed by atoms with Crippen molar-refractivity contribution in [3.63, 3.8) is 0 Å². The fourth-order valence-corrected chi connectivity index (χ4v) is 2.32. The van der Waals surface area contributed by atoms with Crippen LogP contribution < -0.4 is 10.2 Å². The van der Waals surface area contributed by atoms with Crippen LogP contribution in [0, 0.1) is 5.82 Å². The molecule has 0 saturated heterocycles. The summed E-state index contributed by atoms with van der Waals surface area (Å²) in [7, 11) is 0. The molecule has 25 heavy (non-hydrogen) atoms. The van der Waals surface area contributed by atoms with E-state index in [0.717, 1.165) is 12.6 Å². The third-order valence-corrected chi connectivity index (χ3v) is 4.14. The van der Waals surface area contributed by atoms with E-state index in [0.29, 0.717) is 11.7 Å². The number of benzene rings is 2. The summed E-state index contributed by atoms with van der Waals surface area (Å²) in [5.41, 5.74) is 3.62. The van der Waals surface area contributed by atoms with E-state index < -0.39 is 11.7 Å². The summed E-state index contributed by atoms with van der Waals surface area (Å²) in [6.07, 6.45) is 2.23. The number of halogens is 2. The first kappa shape index (κ1) is 18.9. The Morgan fingerprint density at radius 1 is 1.32 bits per heavy atom. The lowest BCUT2D eigenvalue weighted by atomic mass is 9.99. The first-order chi connectivity index (χ1) is 12.0. The first-order valence-corrected chi connectivity index (χ1v) is 8.37. The highest BCUT2D eigenvalue weighted by atomic mass is 35.5. The van der Waals surface area contributed by atoms with Crippen molar-refractivity contribution in [2.45, 2.75) is 26.2 Å². The average Bonchev–Trinajstić information content (AvgIpc) is 2.62. The Balaban J connectivity index is 1.83. The SMILES string of the molecule is CCC(C)c1ccc(OCC(=O)NN=Cc2c(F)cccc2Cl)cc1. The fourth-order valence-electron chi connectivity index (χ4n) is 2.11. The van der Waals surface area contributed by atoms with Gasteiger partial charge in [0.2, 0.25) is 0 Å². The molecule has 0 heterocycles. The topological polar surface area (TPSA) is 50.7 Å². The lowest BCUT2D eigenvalue weighted by molar-refractivity contribution is -0.123. The number of ether oxygens (including phenoxy) is 1. The number of carbonyl (C=O) groups excluding carboxylic acids is 1. The molecule has 1 N–H and O–H groups in total. The number of hydrogen-bond donors (Lipinski definition) is 1. The molecule has 0 aliphatic carbocycles. The second-order valence-electron chi connectivity index (χ2n) is 5.60. The number of amides is 1. The van der Waals surface area contributed by atoms with Gasteiger partial charge in [-0.05, 0) is 42.2 Å². The molecule has 2 rings (SSSR count). The Labute approximate surface area is 151 Å². The Kier molecular flexibility index (Phi) is 6.95. The summed E-state index contributed by atoms with van der Waals surface area (Å²) in [6, 6.07) is 11.9. The van der Waals surface area contributed by atoms with Crippen LogP contribution in [0.4, 0.5) is 4.39 Å². The lowest BCUT2D eigenvalue weighted by Gasteiger charge is -2.10. The van der Waals surface area contributed by atoms with Crippen LogP contribution in [0.3, 0.4) is 0 Å². The summed E-state index contributed by atoms with van der Waals surface area (Å²) in [5.74, 6) is 0.123. The molecular weight excluding hydrogens is 343 g/mol. The Bertz CT molecular complexity index is 727. The van der Waals surface area contributed by atoms with Crippen LogP contribution in [0.1, 0.15) is 37.3 Å². The molecule has 0 aliphatic rings. The van der Waals surface area contributed by atoms with Crippen molar-refractivity contribution in [3.8, 4) is 5.75 Å². The Hall–Kier alpha value is -2.40. The number of carbonyl (C=O) groups is 1. The molecule has 0 bridgehead atoms. The maximum Gasteiger partial charge on any atom is 0.277 e. The molecule has 0 fully saturated rings. The van der Waals surface area contributed by atoms with Crippen LogP contribution in [0.25, 0.3) is 0 Å². The zero-order valence-electron chi connectivity index (χ0n) is 14.1. The van der Waals surface area contributed by atoms with Crippen LogP contribution in [0.5, 0.6) is 5.75 Å². The van der Waals surface area contributed by atoms with Crippen molar-refractivity contribution in [1.82, 2.24) is 5.43 Å². The quantitative estimate of drug-likeness (QED) is 0.581. The second kappa shape index (κ2) is 9.18. The van der Waals surface area contributed by atoms with Gasteiger partial charge in [-0.25, -0.2) is 9.82 Å². The van der Waals surface area contributed by atoms with Gasteiger partial charge in [-0.3, -0.25) is 4.79 Å². The predicted octanol–water partition coefficient (Wildman–Crippen LogP) is 4.52. The molecule has 0 spiro atoms. The average molecular weight is 363 g/mol. The van der Waals surface area contributed by atoms with Gasteiger partial charge in [0.25, 0.3) is 5.91 Å². The van der Waals surface area contributed by atoms with Crippen LogP contribution in [-0.4, -0.2) is 18.7 Å². The predicted molar refractivity (Wildman–Crippen MR) is 97.8 cm³/mol. The molecule has 0 radical (unpaired) electrons. The largest absolute Gasteiger partial charge is 0.484 e. The summed E-state index contributed by atoms with van der Waals surface area (Å²) in [4.78, 5) is 11.7. The molecule has 2 aromatic rings. The molecule has 1 amide bonds. The minimum Gasteiger partial charge on any atom is -0.484 e. The summed E-state index contributed by atoms with van der Waals surface area (Å²) < 4.78 is 18.9. The van der Waals surface area contributed by atoms with Crippen molar-refractivity contribution >= 4 is 23.7 Å². The standard InChI is InChI=1S/C19H20ClFN2O2/c1-3-13(2)14-7-9-15(10-8-14)25-12-19(24)23-22-11-16-17(20)5-4-6-18(16)21/h4-11,13H,3,12H2,1-2H3,(H,23,24). The van der Waals surface area contributed by atoms with Gasteiger partial charge < -0.3 is 4.74 Å². The Morgan fingerprint density at radius 2 is 2.04 bits per heavy atom. The zero-order valence-corrected chi connectivity index (χ0v) is 14.9. The fraction of sp³-hybridized carbons (Fsp3) is 0.263. The van der Waals surface area contributed by atoms with Gasteiger partial charge in [0.05, 0.1) is 11.2 Å². The van der Waals surface area contributed by atoms with Crippen molar-refractivity contribution in [2.24, 2.45) is 5.10 Å². The third kappa shape index (κ3) is 5.57. The van der Waals surface area contributed by atoms with Gasteiger partial charge >= 0.3 is 0 Å². The van der Waals surface area contributed by atoms with Crippen molar-refractivity contribution in [1.29, 1.82) is 0 Å². The van der Waals surface area contributed by atoms with E-state index in [1.807, 2.05) is 24.3 Å². The van der Waals surface area contributed by atoms with E-state index in [-0.39, 0.29) is 17.2 Å². The Morgan fingerprint density at radius 3 is 2.68 bits per heavy atom. The summed E-state index contributed by atoms with van der Waals surface area (Å²) in [5, 5.41) is 3.91. The number of hydrogen-bond acceptors (Lipinski definition) is 3. The van der Waals surface area contributed by atoms with E-state index >= 15 is 0 Å². The number of hydrazone groups is 1. The number of nitrogens with zero attached hydrogens (tertiary/aromatic N) is 1. The van der Waals surface area contributed by atoms with E-state index in [1.165, 1.54) is 17.7 Å². The minimum atomic E-state index is -0.511. The zero-order chi connectivity index (χ0) is 18.2. The number of rotatable bonds is 7. The van der Waals surface area contributed by atoms with E-state index in [2.05, 4.69) is 24.4 Å². The normalized spacial score (nSPS) is 12.2. The molecule has 6 heteroatoms. The van der Waals surface area contributed by atoms with E-state index in [9.17, 15) is 9.18 Å². The van der Waals surface area contributed by atoms with E-state index in [1.54, 1.807) is 6.07 Å². The van der Waals surface area contributed by atoms with Gasteiger partial charge in [-0.2, -0.15) is 5.10 Å². The van der Waals surface area contributed by atoms with Gasteiger partial charge in [-0.1, -0.05) is 43.6 Å². The monoisotopic (exact) mass is 362 g/mol. The van der Waals surface area contributed by atoms with Crippen LogP contribution >= 0.6 is 11.6 Å². The molecule has 132 valence electrons. The smallest absolute Gasteiger partial charge is 0.277 e. The van der Waals surface area contributed by atoms with Crippen LogP contribution in [-0.2, 0) is 4.79 Å². The highest BCUT2D eigenvalue weighted by Gasteiger charge is 2.06. The van der Waals surface area contributed by atoms with Gasteiger partial charge in [0.1, 0.15) is 11.6 Å². The molecule has 2 aromatic carbocycles. The molecule has 0 aromatic heterocycles. The minimum absolute atomic E-state index is 0.117. The van der Waals surface area contributed by atoms with Crippen molar-refractivity contribution < 1.29 is 13.9 Å².